The van der Waals surface area contributed by atoms with Gasteiger partial charge in [0, 0.05) is 38.9 Å². The van der Waals surface area contributed by atoms with Crippen LogP contribution in [0, 0.1) is 6.92 Å². The van der Waals surface area contributed by atoms with Crippen molar-refractivity contribution >= 4 is 23.7 Å². The first-order valence-corrected chi connectivity index (χ1v) is 13.1. The molecule has 0 saturated carbocycles. The van der Waals surface area contributed by atoms with Gasteiger partial charge in [-0.25, -0.2) is 9.67 Å². The van der Waals surface area contributed by atoms with Crippen LogP contribution in [0.5, 0.6) is 5.88 Å². The van der Waals surface area contributed by atoms with Crippen LogP contribution in [0.2, 0.25) is 0 Å². The van der Waals surface area contributed by atoms with E-state index in [-0.39, 0.29) is 5.65 Å². The number of fused-ring (bicyclic) bond motifs is 1. The number of para-hydroxylation sites is 1. The molecule has 5 rings (SSSR count). The van der Waals surface area contributed by atoms with E-state index in [4.69, 9.17) is 9.47 Å². The van der Waals surface area contributed by atoms with Crippen molar-refractivity contribution in [1.29, 1.82) is 0 Å². The predicted octanol–water partition coefficient (Wildman–Crippen LogP) is 6.23. The molecule has 220 valence electrons. The molecule has 0 aliphatic rings. The summed E-state index contributed by atoms with van der Waals surface area (Å²) in [4.78, 5) is 15.0. The summed E-state index contributed by atoms with van der Waals surface area (Å²) in [5, 5.41) is 10.0. The molecule has 3 aromatic heterocycles. The van der Waals surface area contributed by atoms with Gasteiger partial charge in [-0.3, -0.25) is 9.20 Å². The molecule has 2 aromatic carbocycles. The van der Waals surface area contributed by atoms with Crippen molar-refractivity contribution in [2.45, 2.75) is 19.5 Å². The van der Waals surface area contributed by atoms with E-state index < -0.39 is 11.7 Å². The summed E-state index contributed by atoms with van der Waals surface area (Å²) in [5.74, 6) is 1.65. The average Bonchev–Trinajstić information content (AvgIpc) is 3.53. The average molecular weight is 581 g/mol. The zero-order valence-electron chi connectivity index (χ0n) is 23.4. The van der Waals surface area contributed by atoms with Gasteiger partial charge >= 0.3 is 6.18 Å². The number of benzene rings is 2. The number of aromatic nitrogens is 4. The van der Waals surface area contributed by atoms with Crippen LogP contribution in [0.15, 0.2) is 79.0 Å². The van der Waals surface area contributed by atoms with E-state index in [0.29, 0.717) is 42.8 Å². The van der Waals surface area contributed by atoms with Crippen molar-refractivity contribution in [2.75, 3.05) is 38.0 Å². The van der Waals surface area contributed by atoms with Crippen LogP contribution < -0.4 is 15.4 Å². The molecule has 0 bridgehead atoms. The number of nitrogens with one attached hydrogen (secondary N) is 2. The summed E-state index contributed by atoms with van der Waals surface area (Å²) < 4.78 is 53.0. The first kappa shape index (κ1) is 30.1. The molecule has 3 heterocycles. The van der Waals surface area contributed by atoms with Crippen molar-refractivity contribution in [3.63, 3.8) is 0 Å². The Morgan fingerprint density at radius 3 is 2.26 bits per heavy atom. The number of nitrogens with zero attached hydrogens (tertiary/aromatic N) is 4. The molecule has 12 heteroatoms. The summed E-state index contributed by atoms with van der Waals surface area (Å²) in [6.45, 7) is 3.02. The van der Waals surface area contributed by atoms with Crippen LogP contribution in [0.1, 0.15) is 17.5 Å². The number of hydrogen-bond acceptors (Lipinski definition) is 6. The molecule has 0 spiro atoms. The van der Waals surface area contributed by atoms with E-state index in [2.05, 4.69) is 20.7 Å². The van der Waals surface area contributed by atoms with E-state index in [1.807, 2.05) is 67.6 Å². The lowest BCUT2D eigenvalue weighted by Gasteiger charge is -2.08. The zero-order chi connectivity index (χ0) is 30.1. The standard InChI is InChI=1S/C15H12F3N3.C15H19N3O3/c1-19-14-12(10-6-3-2-4-7-10)20-13-11(15(16,17)18)8-5-9-21(13)14;1-12-14(16-11-19)18(13-7-4-3-5-8-13)17-15(12)21-10-6-9-20-2/h2-9,19H,1H3;3-5,7-8,11H,6,9-10H2,1-2H3,(H,16,19). The molecule has 5 aromatic rings. The Kier molecular flexibility index (Phi) is 9.81. The van der Waals surface area contributed by atoms with E-state index in [9.17, 15) is 18.0 Å². The Morgan fingerprint density at radius 1 is 0.952 bits per heavy atom. The lowest BCUT2D eigenvalue weighted by atomic mass is 10.1. The topological polar surface area (TPSA) is 94.7 Å². The van der Waals surface area contributed by atoms with E-state index in [1.54, 1.807) is 25.0 Å². The quantitative estimate of drug-likeness (QED) is 0.150. The number of carbonyl (C=O) groups is 1. The van der Waals surface area contributed by atoms with Crippen molar-refractivity contribution < 1.29 is 27.4 Å². The predicted molar refractivity (Wildman–Crippen MR) is 155 cm³/mol. The van der Waals surface area contributed by atoms with Crippen LogP contribution in [0.3, 0.4) is 0 Å². The summed E-state index contributed by atoms with van der Waals surface area (Å²) in [6, 6.07) is 21.1. The number of ether oxygens (including phenoxy) is 2. The Balaban J connectivity index is 0.000000193. The number of rotatable bonds is 10. The number of amides is 1. The van der Waals surface area contributed by atoms with Crippen molar-refractivity contribution in [3.8, 4) is 22.8 Å². The number of anilines is 2. The number of alkyl halides is 3. The number of imidazole rings is 1. The molecule has 9 nitrogen and oxygen atoms in total. The SMILES string of the molecule is CNc1c(-c2ccccc2)nc2c(C(F)(F)F)cccn12.COCCCOc1nn(-c2ccccc2)c(NC=O)c1C. The molecule has 0 saturated heterocycles. The molecule has 0 radical (unpaired) electrons. The Bertz CT molecular complexity index is 1600. The first-order valence-electron chi connectivity index (χ1n) is 13.1. The van der Waals surface area contributed by atoms with E-state index >= 15 is 0 Å². The van der Waals surface area contributed by atoms with E-state index in [1.165, 1.54) is 10.5 Å². The number of halogens is 3. The van der Waals surface area contributed by atoms with Crippen LogP contribution in [0.25, 0.3) is 22.6 Å². The van der Waals surface area contributed by atoms with Gasteiger partial charge in [0.25, 0.3) is 0 Å². The minimum atomic E-state index is -4.44. The lowest BCUT2D eigenvalue weighted by Crippen LogP contribution is -2.07. The largest absolute Gasteiger partial charge is 0.476 e. The molecule has 1 amide bonds. The number of pyridine rings is 1. The van der Waals surface area contributed by atoms with Crippen LogP contribution in [-0.4, -0.2) is 52.9 Å². The maximum atomic E-state index is 13.1. The molecule has 0 unspecified atom stereocenters. The summed E-state index contributed by atoms with van der Waals surface area (Å²) in [5.41, 5.74) is 2.06. The summed E-state index contributed by atoms with van der Waals surface area (Å²) in [7, 11) is 3.32. The monoisotopic (exact) mass is 580 g/mol. The van der Waals surface area contributed by atoms with Gasteiger partial charge in [0.05, 0.1) is 23.4 Å². The highest BCUT2D eigenvalue weighted by molar-refractivity contribution is 5.77. The van der Waals surface area contributed by atoms with Crippen LogP contribution >= 0.6 is 0 Å². The lowest BCUT2D eigenvalue weighted by molar-refractivity contribution is -0.136. The third-order valence-corrected chi connectivity index (χ3v) is 6.25. The second-order valence-electron chi connectivity index (χ2n) is 9.02. The molecular formula is C30H31F3N6O3. The second kappa shape index (κ2) is 13.7. The van der Waals surface area contributed by atoms with Gasteiger partial charge in [-0.05, 0) is 31.2 Å². The molecular weight excluding hydrogens is 549 g/mol. The van der Waals surface area contributed by atoms with Crippen LogP contribution in [-0.2, 0) is 15.7 Å². The highest BCUT2D eigenvalue weighted by Crippen LogP contribution is 2.36. The van der Waals surface area contributed by atoms with Crippen molar-refractivity contribution in [3.05, 3.63) is 90.1 Å². The van der Waals surface area contributed by atoms with Gasteiger partial charge in [-0.2, -0.15) is 13.2 Å². The fourth-order valence-electron chi connectivity index (χ4n) is 4.29. The maximum absolute atomic E-state index is 13.1. The Hall–Kier alpha value is -4.84. The summed E-state index contributed by atoms with van der Waals surface area (Å²) >= 11 is 0. The van der Waals surface area contributed by atoms with Crippen LogP contribution in [0.4, 0.5) is 24.8 Å². The Labute approximate surface area is 240 Å². The van der Waals surface area contributed by atoms with Gasteiger partial charge in [-0.15, -0.1) is 5.10 Å². The third-order valence-electron chi connectivity index (χ3n) is 6.25. The molecule has 2 N–H and O–H groups in total. The minimum Gasteiger partial charge on any atom is -0.476 e. The van der Waals surface area contributed by atoms with Gasteiger partial charge in [0.15, 0.2) is 5.65 Å². The first-order chi connectivity index (χ1) is 20.3. The third kappa shape index (κ3) is 6.72. The second-order valence-corrected chi connectivity index (χ2v) is 9.02. The van der Waals surface area contributed by atoms with E-state index in [0.717, 1.165) is 29.3 Å². The minimum absolute atomic E-state index is 0.104. The summed E-state index contributed by atoms with van der Waals surface area (Å²) in [6.07, 6.45) is -1.45. The molecule has 0 atom stereocenters. The molecule has 0 aliphatic heterocycles. The Morgan fingerprint density at radius 2 is 1.64 bits per heavy atom. The van der Waals surface area contributed by atoms with Gasteiger partial charge in [0.1, 0.15) is 17.3 Å². The molecule has 0 fully saturated rings. The number of carbonyl (C=O) groups excluding carboxylic acids is 1. The maximum Gasteiger partial charge on any atom is 0.419 e. The zero-order valence-corrected chi connectivity index (χ0v) is 23.4. The fourth-order valence-corrected chi connectivity index (χ4v) is 4.29. The number of methoxy groups -OCH3 is 1. The van der Waals surface area contributed by atoms with Gasteiger partial charge in [-0.1, -0.05) is 48.5 Å². The number of hydrogen-bond donors (Lipinski definition) is 2. The van der Waals surface area contributed by atoms with Gasteiger partial charge in [0.2, 0.25) is 12.3 Å². The fraction of sp³-hybridized carbons (Fsp3) is 0.233. The van der Waals surface area contributed by atoms with Crippen molar-refractivity contribution in [1.82, 2.24) is 19.2 Å². The van der Waals surface area contributed by atoms with Crippen molar-refractivity contribution in [2.24, 2.45) is 0 Å². The molecule has 0 aliphatic carbocycles. The normalized spacial score (nSPS) is 11.1. The highest BCUT2D eigenvalue weighted by Gasteiger charge is 2.34. The van der Waals surface area contributed by atoms with Gasteiger partial charge < -0.3 is 20.1 Å². The smallest absolute Gasteiger partial charge is 0.419 e. The molecule has 42 heavy (non-hydrogen) atoms. The highest BCUT2D eigenvalue weighted by atomic mass is 19.4.